The molecule has 0 bridgehead atoms. The van der Waals surface area contributed by atoms with Crippen molar-refractivity contribution in [3.05, 3.63) is 30.1 Å². The maximum atomic E-state index is 5.39. The Hall–Kier alpha value is -1.39. The Kier molecular flexibility index (Phi) is 2.76. The zero-order valence-corrected chi connectivity index (χ0v) is 7.96. The van der Waals surface area contributed by atoms with E-state index in [0.29, 0.717) is 6.54 Å². The first kappa shape index (κ1) is 9.18. The molecule has 1 aromatic heterocycles. The number of aromatic amines is 1. The van der Waals surface area contributed by atoms with E-state index in [4.69, 9.17) is 5.73 Å². The van der Waals surface area contributed by atoms with Crippen molar-refractivity contribution in [1.82, 2.24) is 15.3 Å². The average Bonchev–Trinajstić information content (AvgIpc) is 2.65. The lowest BCUT2D eigenvalue weighted by Crippen LogP contribution is -2.21. The second-order valence-electron chi connectivity index (χ2n) is 3.22. The van der Waals surface area contributed by atoms with Crippen molar-refractivity contribution < 1.29 is 0 Å². The molecule has 4 heteroatoms. The summed E-state index contributed by atoms with van der Waals surface area (Å²) in [5.74, 6) is 0. The number of imidazole rings is 1. The van der Waals surface area contributed by atoms with E-state index in [0.717, 1.165) is 24.1 Å². The topological polar surface area (TPSA) is 66.7 Å². The maximum Gasteiger partial charge on any atom is 0.0931 e. The van der Waals surface area contributed by atoms with E-state index in [9.17, 15) is 0 Å². The molecule has 0 aliphatic carbocycles. The molecule has 1 heterocycles. The van der Waals surface area contributed by atoms with Gasteiger partial charge in [0.2, 0.25) is 0 Å². The number of fused-ring (bicyclic) bond motifs is 1. The largest absolute Gasteiger partial charge is 0.345 e. The quantitative estimate of drug-likeness (QED) is 0.619. The molecule has 2 rings (SSSR count). The number of nitrogens with two attached hydrogens (primary N) is 1. The third-order valence-electron chi connectivity index (χ3n) is 2.13. The molecule has 4 nitrogen and oxygen atoms in total. The summed E-state index contributed by atoms with van der Waals surface area (Å²) in [5, 5.41) is 3.25. The van der Waals surface area contributed by atoms with Crippen LogP contribution in [0.15, 0.2) is 24.5 Å². The van der Waals surface area contributed by atoms with E-state index in [1.54, 1.807) is 6.33 Å². The molecule has 0 aliphatic rings. The van der Waals surface area contributed by atoms with Gasteiger partial charge in [-0.3, -0.25) is 0 Å². The Morgan fingerprint density at radius 1 is 1.43 bits per heavy atom. The molecule has 0 saturated carbocycles. The molecule has 0 radical (unpaired) electrons. The highest BCUT2D eigenvalue weighted by molar-refractivity contribution is 5.74. The van der Waals surface area contributed by atoms with Crippen molar-refractivity contribution in [3.8, 4) is 0 Å². The first-order valence-electron chi connectivity index (χ1n) is 4.73. The molecule has 0 fully saturated rings. The lowest BCUT2D eigenvalue weighted by atomic mass is 10.2. The van der Waals surface area contributed by atoms with Crippen LogP contribution in [-0.2, 0) is 6.54 Å². The lowest BCUT2D eigenvalue weighted by molar-refractivity contribution is 0.695. The summed E-state index contributed by atoms with van der Waals surface area (Å²) in [5.41, 5.74) is 8.72. The minimum atomic E-state index is 0.673. The van der Waals surface area contributed by atoms with Crippen molar-refractivity contribution >= 4 is 11.0 Å². The van der Waals surface area contributed by atoms with Crippen molar-refractivity contribution in [3.63, 3.8) is 0 Å². The van der Waals surface area contributed by atoms with Gasteiger partial charge in [-0.15, -0.1) is 0 Å². The number of rotatable bonds is 4. The Balaban J connectivity index is 2.10. The second-order valence-corrected chi connectivity index (χ2v) is 3.22. The van der Waals surface area contributed by atoms with Gasteiger partial charge < -0.3 is 16.0 Å². The zero-order valence-electron chi connectivity index (χ0n) is 7.96. The van der Waals surface area contributed by atoms with Crippen molar-refractivity contribution in [1.29, 1.82) is 0 Å². The van der Waals surface area contributed by atoms with Crippen molar-refractivity contribution in [2.45, 2.75) is 6.54 Å². The summed E-state index contributed by atoms with van der Waals surface area (Å²) in [7, 11) is 0. The third-order valence-corrected chi connectivity index (χ3v) is 2.13. The van der Waals surface area contributed by atoms with Crippen molar-refractivity contribution in [2.75, 3.05) is 13.1 Å². The monoisotopic (exact) mass is 190 g/mol. The van der Waals surface area contributed by atoms with Crippen LogP contribution < -0.4 is 11.1 Å². The first-order valence-corrected chi connectivity index (χ1v) is 4.73. The number of benzene rings is 1. The summed E-state index contributed by atoms with van der Waals surface area (Å²) >= 11 is 0. The van der Waals surface area contributed by atoms with Gasteiger partial charge in [0.1, 0.15) is 0 Å². The van der Waals surface area contributed by atoms with E-state index in [-0.39, 0.29) is 0 Å². The molecule has 0 atom stereocenters. The fourth-order valence-electron chi connectivity index (χ4n) is 1.43. The van der Waals surface area contributed by atoms with Crippen LogP contribution in [0.4, 0.5) is 0 Å². The Morgan fingerprint density at radius 2 is 2.36 bits per heavy atom. The second kappa shape index (κ2) is 4.21. The van der Waals surface area contributed by atoms with Gasteiger partial charge in [0.05, 0.1) is 17.4 Å². The number of aromatic nitrogens is 2. The predicted molar refractivity (Wildman–Crippen MR) is 56.9 cm³/mol. The van der Waals surface area contributed by atoms with E-state index in [1.807, 2.05) is 6.07 Å². The van der Waals surface area contributed by atoms with Crippen LogP contribution >= 0.6 is 0 Å². The average molecular weight is 190 g/mol. The third kappa shape index (κ3) is 1.92. The number of hydrogen-bond donors (Lipinski definition) is 3. The number of H-pyrrole nitrogens is 1. The Morgan fingerprint density at radius 3 is 3.21 bits per heavy atom. The van der Waals surface area contributed by atoms with Crippen LogP contribution in [0, 0.1) is 0 Å². The van der Waals surface area contributed by atoms with Crippen LogP contribution in [0.3, 0.4) is 0 Å². The Bertz CT molecular complexity index is 407. The van der Waals surface area contributed by atoms with Crippen LogP contribution in [0.25, 0.3) is 11.0 Å². The van der Waals surface area contributed by atoms with Gasteiger partial charge in [-0.1, -0.05) is 6.07 Å². The SMILES string of the molecule is NCCNCc1ccc2nc[nH]c2c1. The molecule has 4 N–H and O–H groups in total. The van der Waals surface area contributed by atoms with Gasteiger partial charge in [-0.05, 0) is 17.7 Å². The van der Waals surface area contributed by atoms with Gasteiger partial charge in [0.15, 0.2) is 0 Å². The highest BCUT2D eigenvalue weighted by atomic mass is 14.9. The number of hydrogen-bond acceptors (Lipinski definition) is 3. The molecular formula is C10H14N4. The molecule has 0 amide bonds. The maximum absolute atomic E-state index is 5.39. The lowest BCUT2D eigenvalue weighted by Gasteiger charge is -2.02. The summed E-state index contributed by atoms with van der Waals surface area (Å²) in [6, 6.07) is 6.20. The summed E-state index contributed by atoms with van der Waals surface area (Å²) in [6.45, 7) is 2.37. The number of nitrogens with one attached hydrogen (secondary N) is 2. The highest BCUT2D eigenvalue weighted by Crippen LogP contribution is 2.10. The van der Waals surface area contributed by atoms with E-state index < -0.39 is 0 Å². The molecule has 0 saturated heterocycles. The summed E-state index contributed by atoms with van der Waals surface area (Å²) < 4.78 is 0. The molecule has 74 valence electrons. The molecule has 0 spiro atoms. The van der Waals surface area contributed by atoms with Gasteiger partial charge >= 0.3 is 0 Å². The smallest absolute Gasteiger partial charge is 0.0931 e. The fourth-order valence-corrected chi connectivity index (χ4v) is 1.43. The minimum absolute atomic E-state index is 0.673. The van der Waals surface area contributed by atoms with E-state index in [1.165, 1.54) is 5.56 Å². The fraction of sp³-hybridized carbons (Fsp3) is 0.300. The first-order chi connectivity index (χ1) is 6.90. The van der Waals surface area contributed by atoms with Crippen LogP contribution in [0.5, 0.6) is 0 Å². The van der Waals surface area contributed by atoms with Gasteiger partial charge in [0, 0.05) is 19.6 Å². The van der Waals surface area contributed by atoms with Crippen LogP contribution in [0.1, 0.15) is 5.56 Å². The summed E-state index contributed by atoms with van der Waals surface area (Å²) in [6.07, 6.45) is 1.71. The molecule has 14 heavy (non-hydrogen) atoms. The van der Waals surface area contributed by atoms with Gasteiger partial charge in [-0.25, -0.2) is 4.98 Å². The molecule has 2 aromatic rings. The molecule has 0 aliphatic heterocycles. The van der Waals surface area contributed by atoms with Crippen LogP contribution in [-0.4, -0.2) is 23.1 Å². The van der Waals surface area contributed by atoms with Gasteiger partial charge in [0.25, 0.3) is 0 Å². The molecular weight excluding hydrogens is 176 g/mol. The van der Waals surface area contributed by atoms with Gasteiger partial charge in [-0.2, -0.15) is 0 Å². The van der Waals surface area contributed by atoms with Crippen LogP contribution in [0.2, 0.25) is 0 Å². The summed E-state index contributed by atoms with van der Waals surface area (Å²) in [4.78, 5) is 7.25. The minimum Gasteiger partial charge on any atom is -0.345 e. The standard InChI is InChI=1S/C10H14N4/c11-3-4-12-6-8-1-2-9-10(5-8)14-7-13-9/h1-2,5,7,12H,3-4,6,11H2,(H,13,14). The van der Waals surface area contributed by atoms with Crippen molar-refractivity contribution in [2.24, 2.45) is 5.73 Å². The molecule has 1 aromatic carbocycles. The molecule has 0 unspecified atom stereocenters. The normalized spacial score (nSPS) is 10.9. The number of nitrogens with zero attached hydrogens (tertiary/aromatic N) is 1. The van der Waals surface area contributed by atoms with E-state index >= 15 is 0 Å². The van der Waals surface area contributed by atoms with E-state index in [2.05, 4.69) is 27.4 Å². The highest BCUT2D eigenvalue weighted by Gasteiger charge is 1.97. The Labute approximate surface area is 82.5 Å². The predicted octanol–water partition coefficient (Wildman–Crippen LogP) is 0.611. The zero-order chi connectivity index (χ0) is 9.80.